The lowest BCUT2D eigenvalue weighted by atomic mass is 10.2. The van der Waals surface area contributed by atoms with Crippen LogP contribution >= 0.6 is 0 Å². The molecule has 102 valence electrons. The number of hydrogen-bond acceptors (Lipinski definition) is 4. The molecule has 1 aliphatic rings. The van der Waals surface area contributed by atoms with E-state index in [2.05, 4.69) is 10.0 Å². The molecule has 0 radical (unpaired) electrons. The molecule has 0 spiro atoms. The maximum atomic E-state index is 11.6. The van der Waals surface area contributed by atoms with Gasteiger partial charge < -0.3 is 10.1 Å². The molecule has 5 nitrogen and oxygen atoms in total. The Morgan fingerprint density at radius 1 is 1.47 bits per heavy atom. The van der Waals surface area contributed by atoms with Crippen LogP contribution in [0.2, 0.25) is 0 Å². The predicted octanol–water partition coefficient (Wildman–Crippen LogP) is 0.473. The topological polar surface area (TPSA) is 67.4 Å². The highest BCUT2D eigenvalue weighted by molar-refractivity contribution is 7.89. The first-order valence-electron chi connectivity index (χ1n) is 6.32. The minimum Gasteiger partial charge on any atom is -0.378 e. The smallest absolute Gasteiger partial charge is 0.213 e. The summed E-state index contributed by atoms with van der Waals surface area (Å²) in [6.07, 6.45) is 3.29. The summed E-state index contributed by atoms with van der Waals surface area (Å²) in [4.78, 5) is 0. The van der Waals surface area contributed by atoms with Crippen LogP contribution in [0.1, 0.15) is 33.1 Å². The zero-order valence-corrected chi connectivity index (χ0v) is 11.6. The summed E-state index contributed by atoms with van der Waals surface area (Å²) in [6.45, 7) is 5.62. The molecule has 0 bridgehead atoms. The maximum Gasteiger partial charge on any atom is 0.213 e. The Bertz CT molecular complexity index is 298. The van der Waals surface area contributed by atoms with Crippen molar-refractivity contribution in [2.45, 2.75) is 45.3 Å². The molecule has 1 rings (SSSR count). The predicted molar refractivity (Wildman–Crippen MR) is 68.5 cm³/mol. The number of ether oxygens (including phenoxy) is 1. The van der Waals surface area contributed by atoms with E-state index in [0.717, 1.165) is 19.4 Å². The molecule has 0 saturated carbocycles. The summed E-state index contributed by atoms with van der Waals surface area (Å²) < 4.78 is 31.0. The molecule has 0 aliphatic carbocycles. The highest BCUT2D eigenvalue weighted by Gasteiger charge is 2.15. The van der Waals surface area contributed by atoms with E-state index in [1.165, 1.54) is 6.42 Å². The lowest BCUT2D eigenvalue weighted by molar-refractivity contribution is 0.0911. The minimum atomic E-state index is -3.17. The van der Waals surface area contributed by atoms with Crippen molar-refractivity contribution in [1.82, 2.24) is 10.0 Å². The molecule has 0 aromatic carbocycles. The molecule has 0 aromatic heterocycles. The van der Waals surface area contributed by atoms with E-state index >= 15 is 0 Å². The van der Waals surface area contributed by atoms with Gasteiger partial charge in [0.05, 0.1) is 18.5 Å². The first-order chi connectivity index (χ1) is 7.99. The van der Waals surface area contributed by atoms with Crippen molar-refractivity contribution in [2.24, 2.45) is 0 Å². The molecule has 1 saturated heterocycles. The largest absolute Gasteiger partial charge is 0.378 e. The fourth-order valence-corrected chi connectivity index (χ4v) is 2.75. The molecule has 1 atom stereocenters. The second kappa shape index (κ2) is 7.31. The van der Waals surface area contributed by atoms with E-state index in [1.54, 1.807) is 0 Å². The van der Waals surface area contributed by atoms with Gasteiger partial charge in [0.1, 0.15) is 0 Å². The zero-order chi connectivity index (χ0) is 12.7. The number of sulfonamides is 1. The molecular weight excluding hydrogens is 240 g/mol. The van der Waals surface area contributed by atoms with Crippen molar-refractivity contribution < 1.29 is 13.2 Å². The number of hydrogen-bond donors (Lipinski definition) is 2. The Kier molecular flexibility index (Phi) is 6.40. The number of rotatable bonds is 8. The fourth-order valence-electron chi connectivity index (χ4n) is 1.86. The van der Waals surface area contributed by atoms with Crippen molar-refractivity contribution in [1.29, 1.82) is 0 Å². The Hall–Kier alpha value is -0.170. The summed E-state index contributed by atoms with van der Waals surface area (Å²) in [5, 5.41) is 3.34. The second-order valence-corrected chi connectivity index (χ2v) is 6.64. The van der Waals surface area contributed by atoms with Crippen molar-refractivity contribution in [3.05, 3.63) is 0 Å². The number of nitrogens with one attached hydrogen (secondary N) is 2. The van der Waals surface area contributed by atoms with Crippen LogP contribution < -0.4 is 10.0 Å². The van der Waals surface area contributed by atoms with E-state index in [0.29, 0.717) is 12.6 Å². The third kappa shape index (κ3) is 6.98. The van der Waals surface area contributed by atoms with E-state index < -0.39 is 10.0 Å². The van der Waals surface area contributed by atoms with Crippen molar-refractivity contribution in [3.8, 4) is 0 Å². The Balaban J connectivity index is 2.11. The standard InChI is InChI=1S/C11H24N2O3S/c1-10(2)16-8-9-17(14,15)13-7-5-11-4-3-6-12-11/h10-13H,3-9H2,1-2H3. The van der Waals surface area contributed by atoms with Crippen LogP contribution in [0.15, 0.2) is 0 Å². The lowest BCUT2D eigenvalue weighted by Gasteiger charge is -2.12. The van der Waals surface area contributed by atoms with Crippen molar-refractivity contribution in [2.75, 3.05) is 25.4 Å². The summed E-state index contributed by atoms with van der Waals surface area (Å²) in [5.74, 6) is 0.0449. The Morgan fingerprint density at radius 2 is 2.24 bits per heavy atom. The molecule has 0 amide bonds. The van der Waals surface area contributed by atoms with Crippen LogP contribution in [0, 0.1) is 0 Å². The summed E-state index contributed by atoms with van der Waals surface area (Å²) in [7, 11) is -3.17. The summed E-state index contributed by atoms with van der Waals surface area (Å²) >= 11 is 0. The van der Waals surface area contributed by atoms with Crippen molar-refractivity contribution in [3.63, 3.8) is 0 Å². The third-order valence-electron chi connectivity index (χ3n) is 2.78. The molecule has 1 heterocycles. The molecule has 6 heteroatoms. The van der Waals surface area contributed by atoms with Crippen LogP contribution in [-0.2, 0) is 14.8 Å². The molecule has 17 heavy (non-hydrogen) atoms. The summed E-state index contributed by atoms with van der Waals surface area (Å²) in [5.41, 5.74) is 0. The average molecular weight is 264 g/mol. The normalized spacial score (nSPS) is 21.2. The first-order valence-corrected chi connectivity index (χ1v) is 7.97. The lowest BCUT2D eigenvalue weighted by Crippen LogP contribution is -2.33. The van der Waals surface area contributed by atoms with Crippen LogP contribution in [0.4, 0.5) is 0 Å². The van der Waals surface area contributed by atoms with Crippen LogP contribution in [0.25, 0.3) is 0 Å². The van der Waals surface area contributed by atoms with Gasteiger partial charge in [0, 0.05) is 12.6 Å². The monoisotopic (exact) mass is 264 g/mol. The molecule has 1 aliphatic heterocycles. The zero-order valence-electron chi connectivity index (χ0n) is 10.7. The fraction of sp³-hybridized carbons (Fsp3) is 1.00. The van der Waals surface area contributed by atoms with Gasteiger partial charge in [-0.15, -0.1) is 0 Å². The van der Waals surface area contributed by atoms with E-state index in [-0.39, 0.29) is 18.5 Å². The van der Waals surface area contributed by atoms with Gasteiger partial charge in [-0.3, -0.25) is 0 Å². The maximum absolute atomic E-state index is 11.6. The van der Waals surface area contributed by atoms with E-state index in [9.17, 15) is 8.42 Å². The Morgan fingerprint density at radius 3 is 2.82 bits per heavy atom. The molecule has 2 N–H and O–H groups in total. The van der Waals surface area contributed by atoms with Crippen LogP contribution in [0.3, 0.4) is 0 Å². The second-order valence-electron chi connectivity index (χ2n) is 4.71. The van der Waals surface area contributed by atoms with Gasteiger partial charge in [-0.1, -0.05) is 0 Å². The Labute approximate surface area is 104 Å². The quantitative estimate of drug-likeness (QED) is 0.669. The molecule has 0 aromatic rings. The van der Waals surface area contributed by atoms with Crippen LogP contribution in [-0.4, -0.2) is 46.0 Å². The van der Waals surface area contributed by atoms with Gasteiger partial charge in [-0.05, 0) is 39.7 Å². The van der Waals surface area contributed by atoms with Gasteiger partial charge >= 0.3 is 0 Å². The van der Waals surface area contributed by atoms with Gasteiger partial charge in [0.2, 0.25) is 10.0 Å². The van der Waals surface area contributed by atoms with Gasteiger partial charge in [-0.25, -0.2) is 13.1 Å². The minimum absolute atomic E-state index is 0.0449. The molecular formula is C11H24N2O3S. The first kappa shape index (κ1) is 14.9. The highest BCUT2D eigenvalue weighted by Crippen LogP contribution is 2.07. The molecule has 1 unspecified atom stereocenters. The van der Waals surface area contributed by atoms with Gasteiger partial charge in [-0.2, -0.15) is 0 Å². The average Bonchev–Trinajstić information content (AvgIpc) is 2.69. The SMILES string of the molecule is CC(C)OCCS(=O)(=O)NCCC1CCCN1. The van der Waals surface area contributed by atoms with Gasteiger partial charge in [0.25, 0.3) is 0 Å². The van der Waals surface area contributed by atoms with Gasteiger partial charge in [0.15, 0.2) is 0 Å². The summed E-state index contributed by atoms with van der Waals surface area (Å²) in [6, 6.07) is 0.476. The van der Waals surface area contributed by atoms with Crippen LogP contribution in [0.5, 0.6) is 0 Å². The third-order valence-corrected chi connectivity index (χ3v) is 4.13. The highest BCUT2D eigenvalue weighted by atomic mass is 32.2. The van der Waals surface area contributed by atoms with Crippen molar-refractivity contribution >= 4 is 10.0 Å². The van der Waals surface area contributed by atoms with E-state index in [4.69, 9.17) is 4.74 Å². The van der Waals surface area contributed by atoms with E-state index in [1.807, 2.05) is 13.8 Å². The molecule has 1 fully saturated rings.